The van der Waals surface area contributed by atoms with Gasteiger partial charge in [-0.2, -0.15) is 18.4 Å². The van der Waals surface area contributed by atoms with Gasteiger partial charge in [-0.25, -0.2) is 4.98 Å². The first-order valence-electron chi connectivity index (χ1n) is 6.94. The zero-order valence-electron chi connectivity index (χ0n) is 11.2. The molecule has 2 aromatic rings. The molecule has 1 aliphatic carbocycles. The monoisotopic (exact) mass is 293 g/mol. The molecule has 21 heavy (non-hydrogen) atoms. The fourth-order valence-electron chi connectivity index (χ4n) is 2.99. The molecule has 0 bridgehead atoms. The number of alkyl halides is 3. The third kappa shape index (κ3) is 2.73. The molecule has 0 spiro atoms. The molecule has 6 heteroatoms. The maximum Gasteiger partial charge on any atom is 0.391 e. The van der Waals surface area contributed by atoms with Crippen molar-refractivity contribution in [3.63, 3.8) is 0 Å². The van der Waals surface area contributed by atoms with E-state index in [1.54, 1.807) is 18.2 Å². The zero-order valence-corrected chi connectivity index (χ0v) is 11.2. The second kappa shape index (κ2) is 5.06. The van der Waals surface area contributed by atoms with Gasteiger partial charge in [0.2, 0.25) is 0 Å². The van der Waals surface area contributed by atoms with Crippen LogP contribution in [0.4, 0.5) is 13.2 Å². The Kier molecular flexibility index (Phi) is 3.36. The molecule has 1 N–H and O–H groups in total. The Morgan fingerprint density at radius 1 is 1.19 bits per heavy atom. The van der Waals surface area contributed by atoms with Crippen molar-refractivity contribution < 1.29 is 13.2 Å². The number of imidazole rings is 1. The highest BCUT2D eigenvalue weighted by atomic mass is 19.4. The number of benzene rings is 1. The number of fused-ring (bicyclic) bond motifs is 1. The third-order valence-electron chi connectivity index (χ3n) is 4.21. The molecule has 1 saturated carbocycles. The van der Waals surface area contributed by atoms with Gasteiger partial charge in [0, 0.05) is 5.92 Å². The minimum Gasteiger partial charge on any atom is -0.342 e. The van der Waals surface area contributed by atoms with Crippen molar-refractivity contribution in [2.45, 2.75) is 37.8 Å². The Morgan fingerprint density at radius 3 is 2.52 bits per heavy atom. The topological polar surface area (TPSA) is 52.5 Å². The van der Waals surface area contributed by atoms with Crippen LogP contribution in [0, 0.1) is 17.2 Å². The summed E-state index contributed by atoms with van der Waals surface area (Å²) in [6.07, 6.45) is -2.77. The molecule has 0 unspecified atom stereocenters. The van der Waals surface area contributed by atoms with E-state index in [9.17, 15) is 13.2 Å². The van der Waals surface area contributed by atoms with Crippen molar-refractivity contribution in [1.82, 2.24) is 9.97 Å². The lowest BCUT2D eigenvalue weighted by Gasteiger charge is -2.28. The number of rotatable bonds is 1. The maximum atomic E-state index is 12.7. The minimum absolute atomic E-state index is 0.0431. The molecule has 1 heterocycles. The number of aromatic nitrogens is 2. The number of nitrogens with one attached hydrogen (secondary N) is 1. The van der Waals surface area contributed by atoms with E-state index in [0.29, 0.717) is 18.4 Å². The number of H-pyrrole nitrogens is 1. The summed E-state index contributed by atoms with van der Waals surface area (Å²) in [6, 6.07) is 7.22. The van der Waals surface area contributed by atoms with E-state index >= 15 is 0 Å². The van der Waals surface area contributed by atoms with E-state index in [0.717, 1.165) is 16.9 Å². The van der Waals surface area contributed by atoms with Crippen LogP contribution in [-0.4, -0.2) is 16.1 Å². The lowest BCUT2D eigenvalue weighted by Crippen LogP contribution is -2.27. The molecule has 110 valence electrons. The predicted octanol–water partition coefficient (Wildman–Crippen LogP) is 4.27. The number of nitriles is 1. The van der Waals surface area contributed by atoms with Crippen LogP contribution in [0.1, 0.15) is 43.0 Å². The van der Waals surface area contributed by atoms with Crippen molar-refractivity contribution in [3.05, 3.63) is 29.6 Å². The van der Waals surface area contributed by atoms with Gasteiger partial charge in [0.05, 0.1) is 28.6 Å². The average Bonchev–Trinajstić information content (AvgIpc) is 2.89. The van der Waals surface area contributed by atoms with Crippen molar-refractivity contribution in [3.8, 4) is 6.07 Å². The fraction of sp³-hybridized carbons (Fsp3) is 0.467. The molecule has 1 aromatic heterocycles. The van der Waals surface area contributed by atoms with Crippen molar-refractivity contribution in [2.24, 2.45) is 5.92 Å². The Morgan fingerprint density at radius 2 is 1.90 bits per heavy atom. The summed E-state index contributed by atoms with van der Waals surface area (Å²) >= 11 is 0. The summed E-state index contributed by atoms with van der Waals surface area (Å²) in [5.74, 6) is -0.398. The largest absolute Gasteiger partial charge is 0.391 e. The zero-order chi connectivity index (χ0) is 15.0. The Labute approximate surface area is 119 Å². The van der Waals surface area contributed by atoms with Crippen LogP contribution in [0.5, 0.6) is 0 Å². The van der Waals surface area contributed by atoms with E-state index in [1.165, 1.54) is 0 Å². The van der Waals surface area contributed by atoms with Gasteiger partial charge in [-0.1, -0.05) is 0 Å². The molecule has 3 nitrogen and oxygen atoms in total. The van der Waals surface area contributed by atoms with E-state index in [4.69, 9.17) is 5.26 Å². The highest BCUT2D eigenvalue weighted by Crippen LogP contribution is 2.42. The van der Waals surface area contributed by atoms with Gasteiger partial charge in [0.25, 0.3) is 0 Å². The average molecular weight is 293 g/mol. The molecule has 0 saturated heterocycles. The standard InChI is InChI=1S/C15H14F3N3/c16-15(17,18)11-4-2-10(3-5-11)14-20-12-6-1-9(8-19)7-13(12)21-14/h1,6-7,10-11H,2-5H2,(H,20,21). The smallest absolute Gasteiger partial charge is 0.342 e. The van der Waals surface area contributed by atoms with Gasteiger partial charge in [-0.05, 0) is 43.9 Å². The first kappa shape index (κ1) is 13.9. The number of halogens is 3. The molecule has 1 aromatic carbocycles. The predicted molar refractivity (Wildman–Crippen MR) is 71.6 cm³/mol. The van der Waals surface area contributed by atoms with Crippen LogP contribution in [0.25, 0.3) is 11.0 Å². The molecule has 3 rings (SSSR count). The lowest BCUT2D eigenvalue weighted by atomic mass is 9.81. The highest BCUT2D eigenvalue weighted by Gasteiger charge is 2.41. The number of nitrogens with zero attached hydrogens (tertiary/aromatic N) is 2. The summed E-state index contributed by atoms with van der Waals surface area (Å²) < 4.78 is 38.0. The van der Waals surface area contributed by atoms with Crippen molar-refractivity contribution in [1.29, 1.82) is 5.26 Å². The summed E-state index contributed by atoms with van der Waals surface area (Å²) in [4.78, 5) is 7.60. The van der Waals surface area contributed by atoms with E-state index in [2.05, 4.69) is 16.0 Å². The Hall–Kier alpha value is -2.03. The molecular formula is C15H14F3N3. The number of hydrogen-bond donors (Lipinski definition) is 1. The van der Waals surface area contributed by atoms with Gasteiger partial charge >= 0.3 is 6.18 Å². The van der Waals surface area contributed by atoms with Gasteiger partial charge < -0.3 is 4.98 Å². The van der Waals surface area contributed by atoms with Gasteiger partial charge in [0.15, 0.2) is 0 Å². The minimum atomic E-state index is -4.08. The van der Waals surface area contributed by atoms with E-state index in [1.807, 2.05) is 0 Å². The Bertz CT molecular complexity index is 688. The highest BCUT2D eigenvalue weighted by molar-refractivity contribution is 5.76. The summed E-state index contributed by atoms with van der Waals surface area (Å²) in [6.45, 7) is 0. The van der Waals surface area contributed by atoms with Crippen LogP contribution < -0.4 is 0 Å². The Balaban J connectivity index is 1.78. The second-order valence-corrected chi connectivity index (χ2v) is 5.56. The first-order chi connectivity index (χ1) is 9.97. The molecule has 0 radical (unpaired) electrons. The molecular weight excluding hydrogens is 279 g/mol. The SMILES string of the molecule is N#Cc1ccc2nc(C3CCC(C(F)(F)F)CC3)[nH]c2c1. The van der Waals surface area contributed by atoms with Crippen LogP contribution >= 0.6 is 0 Å². The number of aromatic amines is 1. The molecule has 0 aliphatic heterocycles. The lowest BCUT2D eigenvalue weighted by molar-refractivity contribution is -0.182. The molecule has 0 amide bonds. The molecule has 1 fully saturated rings. The van der Waals surface area contributed by atoms with Crippen molar-refractivity contribution in [2.75, 3.05) is 0 Å². The second-order valence-electron chi connectivity index (χ2n) is 5.56. The van der Waals surface area contributed by atoms with E-state index < -0.39 is 12.1 Å². The van der Waals surface area contributed by atoms with Crippen molar-refractivity contribution >= 4 is 11.0 Å². The maximum absolute atomic E-state index is 12.7. The van der Waals surface area contributed by atoms with Gasteiger partial charge in [-0.3, -0.25) is 0 Å². The quantitative estimate of drug-likeness (QED) is 0.853. The van der Waals surface area contributed by atoms with E-state index in [-0.39, 0.29) is 18.8 Å². The fourth-order valence-corrected chi connectivity index (χ4v) is 2.99. The van der Waals surface area contributed by atoms with Gasteiger partial charge in [0.1, 0.15) is 5.82 Å². The van der Waals surface area contributed by atoms with Crippen LogP contribution in [-0.2, 0) is 0 Å². The summed E-state index contributed by atoms with van der Waals surface area (Å²) in [5, 5.41) is 8.87. The molecule has 0 atom stereocenters. The van der Waals surface area contributed by atoms with Crippen LogP contribution in [0.2, 0.25) is 0 Å². The molecule has 1 aliphatic rings. The summed E-state index contributed by atoms with van der Waals surface area (Å²) in [5.41, 5.74) is 2.06. The van der Waals surface area contributed by atoms with Crippen LogP contribution in [0.3, 0.4) is 0 Å². The third-order valence-corrected chi connectivity index (χ3v) is 4.21. The van der Waals surface area contributed by atoms with Crippen LogP contribution in [0.15, 0.2) is 18.2 Å². The summed E-state index contributed by atoms with van der Waals surface area (Å²) in [7, 11) is 0. The first-order valence-corrected chi connectivity index (χ1v) is 6.94. The number of hydrogen-bond acceptors (Lipinski definition) is 2. The normalized spacial score (nSPS) is 23.1. The van der Waals surface area contributed by atoms with Gasteiger partial charge in [-0.15, -0.1) is 0 Å².